The Labute approximate surface area is 147 Å². The van der Waals surface area contributed by atoms with Gasteiger partial charge in [0.1, 0.15) is 0 Å². The Balaban J connectivity index is 1.67. The number of amides is 2. The Morgan fingerprint density at radius 1 is 0.680 bits per heavy atom. The Kier molecular flexibility index (Phi) is 3.30. The summed E-state index contributed by atoms with van der Waals surface area (Å²) in [5.41, 5.74) is 4.24. The van der Waals surface area contributed by atoms with E-state index in [2.05, 4.69) is 12.1 Å². The smallest absolute Gasteiger partial charge is 0.238 e. The van der Waals surface area contributed by atoms with Crippen molar-refractivity contribution in [2.45, 2.75) is 50.0 Å². The van der Waals surface area contributed by atoms with Gasteiger partial charge in [0, 0.05) is 6.04 Å². The number of carbonyl (C=O) groups is 2. The molecule has 2 atom stereocenters. The largest absolute Gasteiger partial charge is 0.278 e. The second-order valence-electron chi connectivity index (χ2n) is 7.47. The van der Waals surface area contributed by atoms with Crippen molar-refractivity contribution in [3.63, 3.8) is 0 Å². The van der Waals surface area contributed by atoms with Gasteiger partial charge in [-0.3, -0.25) is 14.5 Å². The van der Waals surface area contributed by atoms with Gasteiger partial charge in [-0.15, -0.1) is 0 Å². The molecule has 1 aliphatic heterocycles. The summed E-state index contributed by atoms with van der Waals surface area (Å²) < 4.78 is 0. The first-order chi connectivity index (χ1) is 12.3. The van der Waals surface area contributed by atoms with E-state index < -0.39 is 0 Å². The van der Waals surface area contributed by atoms with Crippen LogP contribution in [0.4, 0.5) is 0 Å². The number of nitrogens with zero attached hydrogens (tertiary/aromatic N) is 1. The molecule has 2 aromatic carbocycles. The van der Waals surface area contributed by atoms with Gasteiger partial charge in [0.2, 0.25) is 11.8 Å². The number of likely N-dealkylation sites (tertiary alicyclic amines) is 1. The molecule has 1 heterocycles. The molecule has 5 rings (SSSR count). The third-order valence-corrected chi connectivity index (χ3v) is 6.16. The van der Waals surface area contributed by atoms with Crippen LogP contribution in [0.1, 0.15) is 55.1 Å². The van der Waals surface area contributed by atoms with Gasteiger partial charge in [0.15, 0.2) is 0 Å². The molecule has 2 fully saturated rings. The zero-order valence-electron chi connectivity index (χ0n) is 14.2. The molecule has 0 bridgehead atoms. The number of hydrogen-bond acceptors (Lipinski definition) is 2. The molecular weight excluding hydrogens is 310 g/mol. The van der Waals surface area contributed by atoms with Crippen LogP contribution in [0.15, 0.2) is 48.5 Å². The maximum Gasteiger partial charge on any atom is 0.238 e. The molecule has 0 aromatic heterocycles. The molecular formula is C22H21NO2. The van der Waals surface area contributed by atoms with E-state index in [1.807, 2.05) is 36.4 Å². The van der Waals surface area contributed by atoms with Crippen LogP contribution in [-0.2, 0) is 9.59 Å². The first kappa shape index (κ1) is 14.9. The lowest BCUT2D eigenvalue weighted by Gasteiger charge is -2.29. The summed E-state index contributed by atoms with van der Waals surface area (Å²) in [6.07, 6.45) is 5.36. The molecule has 2 amide bonds. The summed E-state index contributed by atoms with van der Waals surface area (Å²) in [6.45, 7) is 0. The molecule has 3 aliphatic rings. The Morgan fingerprint density at radius 2 is 1.16 bits per heavy atom. The minimum Gasteiger partial charge on any atom is -0.278 e. The van der Waals surface area contributed by atoms with E-state index in [-0.39, 0.29) is 29.7 Å². The summed E-state index contributed by atoms with van der Waals surface area (Å²) >= 11 is 0. The van der Waals surface area contributed by atoms with Crippen LogP contribution in [0.25, 0.3) is 11.1 Å². The van der Waals surface area contributed by atoms with Crippen molar-refractivity contribution in [3.05, 3.63) is 59.7 Å². The van der Waals surface area contributed by atoms with Crippen LogP contribution in [-0.4, -0.2) is 22.8 Å². The molecule has 2 aliphatic carbocycles. The maximum atomic E-state index is 13.3. The Morgan fingerprint density at radius 3 is 1.68 bits per heavy atom. The minimum absolute atomic E-state index is 0.0175. The predicted octanol–water partition coefficient (Wildman–Crippen LogP) is 4.24. The van der Waals surface area contributed by atoms with Crippen molar-refractivity contribution in [1.29, 1.82) is 0 Å². The van der Waals surface area contributed by atoms with E-state index in [9.17, 15) is 9.59 Å². The highest BCUT2D eigenvalue weighted by Gasteiger charge is 2.53. The van der Waals surface area contributed by atoms with Crippen LogP contribution >= 0.6 is 0 Å². The summed E-state index contributed by atoms with van der Waals surface area (Å²) in [4.78, 5) is 28.3. The highest BCUT2D eigenvalue weighted by atomic mass is 16.2. The van der Waals surface area contributed by atoms with Crippen LogP contribution < -0.4 is 0 Å². The number of carbonyl (C=O) groups excluding carboxylic acids is 2. The molecule has 0 N–H and O–H groups in total. The maximum absolute atomic E-state index is 13.3. The molecule has 1 saturated carbocycles. The number of rotatable bonds is 1. The van der Waals surface area contributed by atoms with Crippen LogP contribution in [0.3, 0.4) is 0 Å². The fraction of sp³-hybridized carbons (Fsp3) is 0.364. The fourth-order valence-corrected chi connectivity index (χ4v) is 5.04. The molecule has 3 nitrogen and oxygen atoms in total. The van der Waals surface area contributed by atoms with E-state index in [0.29, 0.717) is 0 Å². The van der Waals surface area contributed by atoms with Gasteiger partial charge in [-0.1, -0.05) is 67.8 Å². The van der Waals surface area contributed by atoms with Gasteiger partial charge in [-0.2, -0.15) is 0 Å². The van der Waals surface area contributed by atoms with Crippen LogP contribution in [0.5, 0.6) is 0 Å². The molecule has 1 saturated heterocycles. The first-order valence-corrected chi connectivity index (χ1v) is 9.32. The number of hydrogen-bond donors (Lipinski definition) is 0. The highest BCUT2D eigenvalue weighted by Crippen LogP contribution is 2.52. The van der Waals surface area contributed by atoms with Gasteiger partial charge < -0.3 is 0 Å². The van der Waals surface area contributed by atoms with E-state index in [0.717, 1.165) is 47.9 Å². The minimum atomic E-state index is -0.347. The molecule has 25 heavy (non-hydrogen) atoms. The molecule has 0 radical (unpaired) electrons. The van der Waals surface area contributed by atoms with Crippen molar-refractivity contribution >= 4 is 11.8 Å². The third-order valence-electron chi connectivity index (χ3n) is 6.16. The number of imide groups is 1. The lowest BCUT2D eigenvalue weighted by molar-refractivity contribution is -0.142. The SMILES string of the molecule is O=C1[C@@H]2c3ccccc3-c3ccccc3[C@@H]2C(=O)N1C1CCCCC1. The van der Waals surface area contributed by atoms with Crippen molar-refractivity contribution in [1.82, 2.24) is 4.90 Å². The van der Waals surface area contributed by atoms with Crippen molar-refractivity contribution in [2.75, 3.05) is 0 Å². The van der Waals surface area contributed by atoms with Gasteiger partial charge >= 0.3 is 0 Å². The van der Waals surface area contributed by atoms with E-state index in [1.54, 1.807) is 4.90 Å². The second kappa shape index (κ2) is 5.55. The molecule has 0 unspecified atom stereocenters. The van der Waals surface area contributed by atoms with E-state index >= 15 is 0 Å². The number of fused-ring (bicyclic) bond motifs is 6. The van der Waals surface area contributed by atoms with Gasteiger partial charge in [-0.25, -0.2) is 0 Å². The van der Waals surface area contributed by atoms with Gasteiger partial charge in [0.05, 0.1) is 11.8 Å². The second-order valence-corrected chi connectivity index (χ2v) is 7.47. The zero-order chi connectivity index (χ0) is 17.0. The average molecular weight is 331 g/mol. The molecule has 2 aromatic rings. The first-order valence-electron chi connectivity index (χ1n) is 9.32. The van der Waals surface area contributed by atoms with E-state index in [1.165, 1.54) is 6.42 Å². The Hall–Kier alpha value is -2.42. The molecule has 3 heteroatoms. The summed E-state index contributed by atoms with van der Waals surface area (Å²) in [5, 5.41) is 0. The molecule has 126 valence electrons. The summed E-state index contributed by atoms with van der Waals surface area (Å²) in [6, 6.07) is 16.3. The fourth-order valence-electron chi connectivity index (χ4n) is 5.04. The normalized spacial score (nSPS) is 25.5. The lowest BCUT2D eigenvalue weighted by atomic mass is 9.73. The Bertz CT molecular complexity index is 802. The van der Waals surface area contributed by atoms with Gasteiger partial charge in [0.25, 0.3) is 0 Å². The van der Waals surface area contributed by atoms with E-state index in [4.69, 9.17) is 0 Å². The predicted molar refractivity (Wildman–Crippen MR) is 96.1 cm³/mol. The van der Waals surface area contributed by atoms with Crippen molar-refractivity contribution in [3.8, 4) is 11.1 Å². The zero-order valence-corrected chi connectivity index (χ0v) is 14.2. The average Bonchev–Trinajstić information content (AvgIpc) is 2.94. The third kappa shape index (κ3) is 2.05. The monoisotopic (exact) mass is 331 g/mol. The highest BCUT2D eigenvalue weighted by molar-refractivity contribution is 6.13. The standard InChI is InChI=1S/C22H21NO2/c24-21-19-17-12-6-4-10-15(17)16-11-5-7-13-18(16)20(19)22(25)23(21)14-8-2-1-3-9-14/h4-7,10-14,19-20H,1-3,8-9H2/t19-,20+. The summed E-state index contributed by atoms with van der Waals surface area (Å²) in [5.74, 6) is -0.659. The lowest BCUT2D eigenvalue weighted by Crippen LogP contribution is -2.41. The number of benzene rings is 2. The van der Waals surface area contributed by atoms with Crippen LogP contribution in [0, 0.1) is 0 Å². The molecule has 0 spiro atoms. The van der Waals surface area contributed by atoms with Crippen molar-refractivity contribution in [2.24, 2.45) is 0 Å². The van der Waals surface area contributed by atoms with Gasteiger partial charge in [-0.05, 0) is 35.1 Å². The topological polar surface area (TPSA) is 37.4 Å². The van der Waals surface area contributed by atoms with Crippen LogP contribution in [0.2, 0.25) is 0 Å². The van der Waals surface area contributed by atoms with Crippen molar-refractivity contribution < 1.29 is 9.59 Å². The quantitative estimate of drug-likeness (QED) is 0.733. The summed E-state index contributed by atoms with van der Waals surface area (Å²) in [7, 11) is 0.